The lowest BCUT2D eigenvalue weighted by molar-refractivity contribution is 0.0601. The van der Waals surface area contributed by atoms with E-state index >= 15 is 0 Å². The van der Waals surface area contributed by atoms with Crippen molar-refractivity contribution in [1.29, 1.82) is 0 Å². The van der Waals surface area contributed by atoms with Crippen LogP contribution in [0.3, 0.4) is 0 Å². The van der Waals surface area contributed by atoms with Crippen molar-refractivity contribution in [2.45, 2.75) is 6.92 Å². The van der Waals surface area contributed by atoms with Crippen molar-refractivity contribution in [1.82, 2.24) is 9.97 Å². The number of rotatable bonds is 5. The number of nitrogens with zero attached hydrogens (tertiary/aromatic N) is 2. The highest BCUT2D eigenvalue weighted by Gasteiger charge is 2.08. The molecule has 2 aromatic carbocycles. The topological polar surface area (TPSA) is 76.1 Å². The number of carbonyl (C=O) groups excluding carboxylic acids is 1. The van der Waals surface area contributed by atoms with Gasteiger partial charge in [-0.1, -0.05) is 23.7 Å². The van der Waals surface area contributed by atoms with Gasteiger partial charge in [-0.05, 0) is 48.9 Å². The maximum atomic E-state index is 11.6. The Morgan fingerprint density at radius 2 is 1.92 bits per heavy atom. The van der Waals surface area contributed by atoms with Crippen LogP contribution in [0.15, 0.2) is 54.7 Å². The van der Waals surface area contributed by atoms with Crippen LogP contribution in [0, 0.1) is 6.92 Å². The van der Waals surface area contributed by atoms with Gasteiger partial charge in [0.05, 0.1) is 12.7 Å². The highest BCUT2D eigenvalue weighted by molar-refractivity contribution is 6.31. The fourth-order valence-corrected chi connectivity index (χ4v) is 2.52. The lowest BCUT2D eigenvalue weighted by Crippen LogP contribution is -2.03. The Bertz CT molecular complexity index is 946. The molecule has 0 bridgehead atoms. The first-order chi connectivity index (χ1) is 12.6. The van der Waals surface area contributed by atoms with Crippen molar-refractivity contribution in [3.8, 4) is 0 Å². The molecule has 6 nitrogen and oxygen atoms in total. The lowest BCUT2D eigenvalue weighted by atomic mass is 10.2. The third-order valence-electron chi connectivity index (χ3n) is 3.73. The zero-order chi connectivity index (χ0) is 18.5. The molecule has 0 radical (unpaired) electrons. The predicted molar refractivity (Wildman–Crippen MR) is 103 cm³/mol. The number of hydrogen-bond acceptors (Lipinski definition) is 6. The summed E-state index contributed by atoms with van der Waals surface area (Å²) < 4.78 is 4.73. The van der Waals surface area contributed by atoms with Gasteiger partial charge in [-0.3, -0.25) is 0 Å². The van der Waals surface area contributed by atoms with Crippen LogP contribution in [0.25, 0.3) is 0 Å². The van der Waals surface area contributed by atoms with Crippen molar-refractivity contribution in [2.24, 2.45) is 0 Å². The second-order valence-electron chi connectivity index (χ2n) is 5.50. The van der Waals surface area contributed by atoms with Crippen molar-refractivity contribution in [3.63, 3.8) is 0 Å². The molecular weight excluding hydrogens is 352 g/mol. The minimum Gasteiger partial charge on any atom is -0.465 e. The van der Waals surface area contributed by atoms with Crippen LogP contribution in [0.2, 0.25) is 5.02 Å². The van der Waals surface area contributed by atoms with Crippen molar-refractivity contribution in [3.05, 3.63) is 70.9 Å². The monoisotopic (exact) mass is 368 g/mol. The standard InChI is InChI=1S/C19H17ClN4O2/c1-12-15(20)7-4-8-16(12)23-19-21-10-9-17(24-19)22-14-6-3-5-13(11-14)18(25)26-2/h3-11H,1-2H3,(H2,21,22,23,24). The smallest absolute Gasteiger partial charge is 0.337 e. The summed E-state index contributed by atoms with van der Waals surface area (Å²) in [4.78, 5) is 20.3. The molecule has 0 fully saturated rings. The van der Waals surface area contributed by atoms with E-state index in [1.165, 1.54) is 7.11 Å². The van der Waals surface area contributed by atoms with Crippen LogP contribution in [-0.4, -0.2) is 23.0 Å². The largest absolute Gasteiger partial charge is 0.465 e. The molecule has 2 N–H and O–H groups in total. The highest BCUT2D eigenvalue weighted by atomic mass is 35.5. The zero-order valence-electron chi connectivity index (χ0n) is 14.3. The molecule has 26 heavy (non-hydrogen) atoms. The summed E-state index contributed by atoms with van der Waals surface area (Å²) in [5.74, 6) is 0.629. The van der Waals surface area contributed by atoms with E-state index in [1.807, 2.05) is 31.2 Å². The molecule has 0 saturated heterocycles. The summed E-state index contributed by atoms with van der Waals surface area (Å²) in [7, 11) is 1.35. The number of ether oxygens (including phenoxy) is 1. The van der Waals surface area contributed by atoms with E-state index in [4.69, 9.17) is 16.3 Å². The Morgan fingerprint density at radius 1 is 1.12 bits per heavy atom. The summed E-state index contributed by atoms with van der Waals surface area (Å²) >= 11 is 6.14. The van der Waals surface area contributed by atoms with E-state index in [0.717, 1.165) is 16.9 Å². The third kappa shape index (κ3) is 4.10. The molecule has 0 aliphatic carbocycles. The summed E-state index contributed by atoms with van der Waals surface area (Å²) in [6, 6.07) is 14.3. The van der Waals surface area contributed by atoms with Crippen molar-refractivity contribution in [2.75, 3.05) is 17.7 Å². The molecule has 1 aromatic heterocycles. The normalized spacial score (nSPS) is 10.3. The Balaban J connectivity index is 1.80. The number of nitrogens with one attached hydrogen (secondary N) is 2. The maximum absolute atomic E-state index is 11.6. The number of hydrogen-bond donors (Lipinski definition) is 2. The molecule has 1 heterocycles. The van der Waals surface area contributed by atoms with Crippen LogP contribution < -0.4 is 10.6 Å². The van der Waals surface area contributed by atoms with E-state index in [2.05, 4.69) is 20.6 Å². The number of anilines is 4. The van der Waals surface area contributed by atoms with Crippen LogP contribution >= 0.6 is 11.6 Å². The van der Waals surface area contributed by atoms with Crippen LogP contribution in [0.1, 0.15) is 15.9 Å². The third-order valence-corrected chi connectivity index (χ3v) is 4.14. The number of esters is 1. The quantitative estimate of drug-likeness (QED) is 0.635. The van der Waals surface area contributed by atoms with Crippen LogP contribution in [0.5, 0.6) is 0 Å². The van der Waals surface area contributed by atoms with Gasteiger partial charge in [0.15, 0.2) is 0 Å². The summed E-state index contributed by atoms with van der Waals surface area (Å²) in [6.45, 7) is 1.92. The second kappa shape index (κ2) is 7.84. The number of carbonyl (C=O) groups is 1. The van der Waals surface area contributed by atoms with Crippen LogP contribution in [-0.2, 0) is 4.74 Å². The molecule has 132 valence electrons. The van der Waals surface area contributed by atoms with Gasteiger partial charge >= 0.3 is 5.97 Å². The molecular formula is C19H17ClN4O2. The lowest BCUT2D eigenvalue weighted by Gasteiger charge is -2.11. The average molecular weight is 369 g/mol. The molecule has 0 atom stereocenters. The predicted octanol–water partition coefficient (Wildman–Crippen LogP) is 4.71. The Hall–Kier alpha value is -3.12. The minimum absolute atomic E-state index is 0.393. The minimum atomic E-state index is -0.393. The fraction of sp³-hybridized carbons (Fsp3) is 0.105. The molecule has 0 unspecified atom stereocenters. The number of halogens is 1. The maximum Gasteiger partial charge on any atom is 0.337 e. The second-order valence-corrected chi connectivity index (χ2v) is 5.91. The molecule has 0 saturated carbocycles. The first kappa shape index (κ1) is 17.7. The number of benzene rings is 2. The first-order valence-electron chi connectivity index (χ1n) is 7.87. The fourth-order valence-electron chi connectivity index (χ4n) is 2.34. The van der Waals surface area contributed by atoms with E-state index in [9.17, 15) is 4.79 Å². The average Bonchev–Trinajstić information content (AvgIpc) is 2.65. The van der Waals surface area contributed by atoms with Gasteiger partial charge in [-0.25, -0.2) is 9.78 Å². The molecule has 0 amide bonds. The van der Waals surface area contributed by atoms with E-state index in [1.54, 1.807) is 30.5 Å². The Kier molecular flexibility index (Phi) is 5.34. The highest BCUT2D eigenvalue weighted by Crippen LogP contribution is 2.25. The van der Waals surface area contributed by atoms with Crippen molar-refractivity contribution < 1.29 is 9.53 Å². The van der Waals surface area contributed by atoms with E-state index in [0.29, 0.717) is 22.4 Å². The van der Waals surface area contributed by atoms with E-state index < -0.39 is 5.97 Å². The molecule has 0 aliphatic heterocycles. The van der Waals surface area contributed by atoms with Crippen LogP contribution in [0.4, 0.5) is 23.1 Å². The Morgan fingerprint density at radius 3 is 2.73 bits per heavy atom. The van der Waals surface area contributed by atoms with Gasteiger partial charge in [0.2, 0.25) is 5.95 Å². The molecule has 0 aliphatic rings. The van der Waals surface area contributed by atoms with Gasteiger partial charge < -0.3 is 15.4 Å². The van der Waals surface area contributed by atoms with Gasteiger partial charge in [0.25, 0.3) is 0 Å². The number of methoxy groups -OCH3 is 1. The SMILES string of the molecule is COC(=O)c1cccc(Nc2ccnc(Nc3cccc(Cl)c3C)n2)c1. The summed E-state index contributed by atoms with van der Waals surface area (Å²) in [5, 5.41) is 6.98. The molecule has 3 aromatic rings. The van der Waals surface area contributed by atoms with Gasteiger partial charge in [-0.15, -0.1) is 0 Å². The molecule has 3 rings (SSSR count). The first-order valence-corrected chi connectivity index (χ1v) is 8.25. The number of aromatic nitrogens is 2. The molecule has 7 heteroatoms. The van der Waals surface area contributed by atoms with Gasteiger partial charge in [0, 0.05) is 22.6 Å². The molecule has 0 spiro atoms. The summed E-state index contributed by atoms with van der Waals surface area (Å²) in [5.41, 5.74) is 2.93. The van der Waals surface area contributed by atoms with Crippen molar-refractivity contribution >= 4 is 40.7 Å². The summed E-state index contributed by atoms with van der Waals surface area (Å²) in [6.07, 6.45) is 1.64. The Labute approximate surface area is 156 Å². The van der Waals surface area contributed by atoms with Gasteiger partial charge in [-0.2, -0.15) is 4.98 Å². The van der Waals surface area contributed by atoms with Gasteiger partial charge in [0.1, 0.15) is 5.82 Å². The zero-order valence-corrected chi connectivity index (χ0v) is 15.0. The van der Waals surface area contributed by atoms with E-state index in [-0.39, 0.29) is 0 Å².